The van der Waals surface area contributed by atoms with Gasteiger partial charge in [0.05, 0.1) is 11.7 Å². The van der Waals surface area contributed by atoms with Crippen molar-refractivity contribution in [2.24, 2.45) is 0 Å². The zero-order chi connectivity index (χ0) is 13.1. The van der Waals surface area contributed by atoms with Crippen LogP contribution < -0.4 is 10.1 Å². The maximum Gasteiger partial charge on any atom is 0.245 e. The highest BCUT2D eigenvalue weighted by atomic mass is 32.1. The lowest BCUT2D eigenvalue weighted by molar-refractivity contribution is 0.104. The van der Waals surface area contributed by atoms with Crippen molar-refractivity contribution >= 4 is 11.7 Å². The van der Waals surface area contributed by atoms with Crippen LogP contribution in [-0.2, 0) is 0 Å². The number of aliphatic hydroxyl groups is 2. The molecule has 6 nitrogen and oxygen atoms in total. The second-order valence-corrected chi connectivity index (χ2v) is 4.61. The van der Waals surface area contributed by atoms with E-state index >= 15 is 0 Å². The van der Waals surface area contributed by atoms with Gasteiger partial charge in [-0.3, -0.25) is 0 Å². The van der Waals surface area contributed by atoms with Crippen LogP contribution in [0.2, 0.25) is 0 Å². The zero-order valence-electron chi connectivity index (χ0n) is 10.4. The fraction of sp³-hybridized carbons (Fsp3) is 0.818. The molecule has 0 spiro atoms. The third kappa shape index (κ3) is 7.54. The van der Waals surface area contributed by atoms with E-state index in [2.05, 4.69) is 14.1 Å². The second-order valence-electron chi connectivity index (χ2n) is 4.05. The standard InChI is InChI=1S/C11H21N3O3S/c15-6-4-2-1-3-5-12-7-10(16)9-17-11-8-13-18-14-11/h8,10,12,15-16H,1-7,9H2. The molecule has 1 rings (SSSR count). The molecule has 1 atom stereocenters. The maximum absolute atomic E-state index is 9.62. The van der Waals surface area contributed by atoms with E-state index < -0.39 is 6.10 Å². The Balaban J connectivity index is 1.89. The van der Waals surface area contributed by atoms with Crippen molar-refractivity contribution in [3.63, 3.8) is 0 Å². The lowest BCUT2D eigenvalue weighted by Crippen LogP contribution is -2.32. The van der Waals surface area contributed by atoms with Gasteiger partial charge < -0.3 is 20.3 Å². The summed E-state index contributed by atoms with van der Waals surface area (Å²) in [5, 5.41) is 21.4. The first-order chi connectivity index (χ1) is 8.83. The topological polar surface area (TPSA) is 87.5 Å². The highest BCUT2D eigenvalue weighted by Gasteiger charge is 2.05. The van der Waals surface area contributed by atoms with Gasteiger partial charge >= 0.3 is 0 Å². The molecule has 0 aliphatic rings. The summed E-state index contributed by atoms with van der Waals surface area (Å²) in [6, 6.07) is 0. The number of nitrogens with zero attached hydrogens (tertiary/aromatic N) is 2. The van der Waals surface area contributed by atoms with Crippen molar-refractivity contribution in [3.05, 3.63) is 6.20 Å². The Morgan fingerprint density at radius 1 is 1.33 bits per heavy atom. The van der Waals surface area contributed by atoms with Gasteiger partial charge in [0.1, 0.15) is 18.9 Å². The summed E-state index contributed by atoms with van der Waals surface area (Å²) in [4.78, 5) is 0. The summed E-state index contributed by atoms with van der Waals surface area (Å²) in [5.74, 6) is 0.461. The van der Waals surface area contributed by atoms with Crippen LogP contribution in [0.15, 0.2) is 6.20 Å². The molecule has 0 saturated carbocycles. The lowest BCUT2D eigenvalue weighted by atomic mass is 10.2. The highest BCUT2D eigenvalue weighted by Crippen LogP contribution is 2.05. The molecule has 1 aromatic heterocycles. The van der Waals surface area contributed by atoms with Gasteiger partial charge in [-0.25, -0.2) is 0 Å². The minimum atomic E-state index is -0.538. The van der Waals surface area contributed by atoms with Crippen LogP contribution in [0.25, 0.3) is 0 Å². The fourth-order valence-corrected chi connectivity index (χ4v) is 1.81. The van der Waals surface area contributed by atoms with Gasteiger partial charge in [0.15, 0.2) is 0 Å². The normalized spacial score (nSPS) is 12.6. The van der Waals surface area contributed by atoms with Crippen molar-refractivity contribution in [3.8, 4) is 5.88 Å². The molecule has 0 amide bonds. The smallest absolute Gasteiger partial charge is 0.245 e. The summed E-state index contributed by atoms with van der Waals surface area (Å²) < 4.78 is 12.9. The van der Waals surface area contributed by atoms with Crippen molar-refractivity contribution in [1.29, 1.82) is 0 Å². The number of rotatable bonds is 11. The molecule has 0 bridgehead atoms. The predicted molar refractivity (Wildman–Crippen MR) is 69.8 cm³/mol. The van der Waals surface area contributed by atoms with E-state index in [-0.39, 0.29) is 13.2 Å². The number of hydrogen-bond acceptors (Lipinski definition) is 7. The first-order valence-corrected chi connectivity index (χ1v) is 6.96. The highest BCUT2D eigenvalue weighted by molar-refractivity contribution is 6.99. The number of ether oxygens (including phenoxy) is 1. The van der Waals surface area contributed by atoms with Crippen LogP contribution in [0.1, 0.15) is 25.7 Å². The number of hydrogen-bond donors (Lipinski definition) is 3. The summed E-state index contributed by atoms with van der Waals surface area (Å²) in [5.41, 5.74) is 0. The van der Waals surface area contributed by atoms with E-state index in [1.165, 1.54) is 6.20 Å². The Morgan fingerprint density at radius 3 is 2.89 bits per heavy atom. The van der Waals surface area contributed by atoms with Gasteiger partial charge in [-0.05, 0) is 19.4 Å². The third-order valence-electron chi connectivity index (χ3n) is 2.41. The predicted octanol–water partition coefficient (Wildman–Crippen LogP) is 0.420. The molecule has 1 heterocycles. The van der Waals surface area contributed by atoms with E-state index in [9.17, 15) is 5.11 Å². The van der Waals surface area contributed by atoms with Crippen molar-refractivity contribution in [2.75, 3.05) is 26.3 Å². The first kappa shape index (κ1) is 15.3. The minimum Gasteiger partial charge on any atom is -0.473 e. The Bertz CT molecular complexity index is 285. The van der Waals surface area contributed by atoms with Crippen molar-refractivity contribution < 1.29 is 14.9 Å². The van der Waals surface area contributed by atoms with Gasteiger partial charge in [0.2, 0.25) is 5.88 Å². The third-order valence-corrected chi connectivity index (χ3v) is 2.87. The number of aromatic nitrogens is 2. The van der Waals surface area contributed by atoms with Crippen LogP contribution >= 0.6 is 11.7 Å². The van der Waals surface area contributed by atoms with Crippen LogP contribution in [0.4, 0.5) is 0 Å². The molecule has 0 radical (unpaired) electrons. The van der Waals surface area contributed by atoms with Gasteiger partial charge in [-0.1, -0.05) is 12.8 Å². The van der Waals surface area contributed by atoms with E-state index in [0.29, 0.717) is 12.4 Å². The largest absolute Gasteiger partial charge is 0.473 e. The fourth-order valence-electron chi connectivity index (χ4n) is 1.44. The number of unbranched alkanes of at least 4 members (excludes halogenated alkanes) is 3. The van der Waals surface area contributed by atoms with Crippen LogP contribution in [-0.4, -0.2) is 51.4 Å². The summed E-state index contributed by atoms with van der Waals surface area (Å²) in [6.45, 7) is 1.89. The first-order valence-electron chi connectivity index (χ1n) is 6.23. The molecule has 0 aliphatic carbocycles. The van der Waals surface area contributed by atoms with E-state index in [0.717, 1.165) is 44.0 Å². The molecule has 1 unspecified atom stereocenters. The molecule has 0 aromatic carbocycles. The number of aliphatic hydroxyl groups excluding tert-OH is 2. The summed E-state index contributed by atoms with van der Waals surface area (Å²) in [7, 11) is 0. The second kappa shape index (κ2) is 10.2. The molecule has 18 heavy (non-hydrogen) atoms. The molecular weight excluding hydrogens is 254 g/mol. The molecule has 3 N–H and O–H groups in total. The Morgan fingerprint density at radius 2 is 2.17 bits per heavy atom. The van der Waals surface area contributed by atoms with Gasteiger partial charge in [-0.2, -0.15) is 4.37 Å². The SMILES string of the molecule is OCCCCCCNCC(O)COc1cnsn1. The van der Waals surface area contributed by atoms with E-state index in [4.69, 9.17) is 9.84 Å². The van der Waals surface area contributed by atoms with Crippen molar-refractivity contribution in [1.82, 2.24) is 14.1 Å². The van der Waals surface area contributed by atoms with E-state index in [1.807, 2.05) is 0 Å². The summed E-state index contributed by atoms with van der Waals surface area (Å²) in [6.07, 6.45) is 5.09. The molecule has 7 heteroatoms. The average Bonchev–Trinajstić information content (AvgIpc) is 2.88. The van der Waals surface area contributed by atoms with Crippen LogP contribution in [0.5, 0.6) is 5.88 Å². The molecule has 0 fully saturated rings. The van der Waals surface area contributed by atoms with Gasteiger partial charge in [0.25, 0.3) is 0 Å². The maximum atomic E-state index is 9.62. The van der Waals surface area contributed by atoms with Crippen LogP contribution in [0.3, 0.4) is 0 Å². The zero-order valence-corrected chi connectivity index (χ0v) is 11.2. The Labute approximate surface area is 111 Å². The quantitative estimate of drug-likeness (QED) is 0.507. The van der Waals surface area contributed by atoms with Crippen LogP contribution in [0, 0.1) is 0 Å². The minimum absolute atomic E-state index is 0.225. The Hall–Kier alpha value is -0.760. The summed E-state index contributed by atoms with van der Waals surface area (Å²) >= 11 is 1.08. The molecule has 104 valence electrons. The Kier molecular flexibility index (Phi) is 8.66. The number of nitrogens with one attached hydrogen (secondary N) is 1. The van der Waals surface area contributed by atoms with Gasteiger partial charge in [0, 0.05) is 13.2 Å². The average molecular weight is 275 g/mol. The lowest BCUT2D eigenvalue weighted by Gasteiger charge is -2.11. The molecular formula is C11H21N3O3S. The van der Waals surface area contributed by atoms with Gasteiger partial charge in [-0.15, -0.1) is 4.37 Å². The molecule has 1 aromatic rings. The monoisotopic (exact) mass is 275 g/mol. The van der Waals surface area contributed by atoms with E-state index in [1.54, 1.807) is 0 Å². The molecule has 0 aliphatic heterocycles. The van der Waals surface area contributed by atoms with Crippen molar-refractivity contribution in [2.45, 2.75) is 31.8 Å². The molecule has 0 saturated heterocycles.